The second kappa shape index (κ2) is 8.78. The Bertz CT molecular complexity index is 1020. The predicted molar refractivity (Wildman–Crippen MR) is 111 cm³/mol. The maximum absolute atomic E-state index is 11.9. The first-order chi connectivity index (χ1) is 13.6. The average molecular weight is 378 g/mol. The zero-order chi connectivity index (χ0) is 20.1. The van der Waals surface area contributed by atoms with E-state index in [0.717, 1.165) is 58.4 Å². The van der Waals surface area contributed by atoms with Gasteiger partial charge in [-0.2, -0.15) is 5.10 Å². The first-order valence-electron chi connectivity index (χ1n) is 9.74. The number of hydrogen-bond acceptors (Lipinski definition) is 5. The number of pyridine rings is 2. The van der Waals surface area contributed by atoms with E-state index in [0.29, 0.717) is 6.61 Å². The van der Waals surface area contributed by atoms with Crippen LogP contribution in [0.1, 0.15) is 44.0 Å². The zero-order valence-corrected chi connectivity index (χ0v) is 16.9. The van der Waals surface area contributed by atoms with Crippen molar-refractivity contribution < 1.29 is 9.53 Å². The third kappa shape index (κ3) is 3.96. The van der Waals surface area contributed by atoms with E-state index in [9.17, 15) is 4.79 Å². The van der Waals surface area contributed by atoms with E-state index < -0.39 is 0 Å². The van der Waals surface area contributed by atoms with Crippen LogP contribution >= 0.6 is 0 Å². The van der Waals surface area contributed by atoms with Gasteiger partial charge in [-0.25, -0.2) is 14.5 Å². The zero-order valence-electron chi connectivity index (χ0n) is 16.9. The Labute approximate surface area is 165 Å². The summed E-state index contributed by atoms with van der Waals surface area (Å²) in [5, 5.41) is 5.46. The summed E-state index contributed by atoms with van der Waals surface area (Å²) in [6.07, 6.45) is 10.6. The number of aromatic nitrogens is 4. The molecule has 0 atom stereocenters. The molecule has 0 radical (unpaired) electrons. The molecule has 0 N–H and O–H groups in total. The molecule has 0 amide bonds. The van der Waals surface area contributed by atoms with Crippen LogP contribution in [0.15, 0.2) is 30.7 Å². The number of aryl methyl sites for hydroxylation is 3. The number of hydrogen-bond donors (Lipinski definition) is 0. The number of fused-ring (bicyclic) bond motifs is 1. The summed E-state index contributed by atoms with van der Waals surface area (Å²) in [4.78, 5) is 21.2. The van der Waals surface area contributed by atoms with Gasteiger partial charge in [0.15, 0.2) is 5.65 Å². The molecule has 146 valence electrons. The van der Waals surface area contributed by atoms with Gasteiger partial charge in [0.05, 0.1) is 18.5 Å². The van der Waals surface area contributed by atoms with Crippen LogP contribution in [0.4, 0.5) is 0 Å². The minimum absolute atomic E-state index is 0.347. The van der Waals surface area contributed by atoms with Crippen LogP contribution in [0.2, 0.25) is 0 Å². The number of esters is 1. The fraction of sp³-hybridized carbons (Fsp3) is 0.364. The third-order valence-electron chi connectivity index (χ3n) is 4.52. The summed E-state index contributed by atoms with van der Waals surface area (Å²) in [5.74, 6) is -0.359. The molecule has 3 heterocycles. The fourth-order valence-electron chi connectivity index (χ4n) is 3.33. The molecule has 0 aliphatic heterocycles. The number of carbonyl (C=O) groups is 1. The van der Waals surface area contributed by atoms with Gasteiger partial charge in [0.25, 0.3) is 0 Å². The highest BCUT2D eigenvalue weighted by atomic mass is 16.5. The van der Waals surface area contributed by atoms with Crippen LogP contribution in [-0.4, -0.2) is 32.3 Å². The van der Waals surface area contributed by atoms with E-state index in [1.807, 2.05) is 36.3 Å². The van der Waals surface area contributed by atoms with Crippen LogP contribution < -0.4 is 0 Å². The molecule has 0 saturated heterocycles. The van der Waals surface area contributed by atoms with Crippen LogP contribution in [0.25, 0.3) is 28.2 Å². The molecule has 0 aromatic carbocycles. The molecule has 3 rings (SSSR count). The lowest BCUT2D eigenvalue weighted by Gasteiger charge is -2.14. The van der Waals surface area contributed by atoms with Crippen molar-refractivity contribution >= 4 is 23.1 Å². The molecule has 0 unspecified atom stereocenters. The van der Waals surface area contributed by atoms with E-state index >= 15 is 0 Å². The number of ether oxygens (including phenoxy) is 1. The first kappa shape index (κ1) is 19.7. The normalized spacial score (nSPS) is 11.4. The highest BCUT2D eigenvalue weighted by Gasteiger charge is 2.18. The Morgan fingerprint density at radius 2 is 2.04 bits per heavy atom. The molecule has 0 aliphatic carbocycles. The smallest absolute Gasteiger partial charge is 0.330 e. The minimum atomic E-state index is -0.359. The van der Waals surface area contributed by atoms with Gasteiger partial charge in [-0.1, -0.05) is 13.3 Å². The molecule has 3 aromatic rings. The fourth-order valence-corrected chi connectivity index (χ4v) is 3.33. The lowest BCUT2D eigenvalue weighted by molar-refractivity contribution is -0.137. The van der Waals surface area contributed by atoms with Crippen molar-refractivity contribution in [2.45, 2.75) is 47.1 Å². The lowest BCUT2D eigenvalue weighted by atomic mass is 9.94. The van der Waals surface area contributed by atoms with Crippen molar-refractivity contribution in [3.8, 4) is 11.1 Å². The lowest BCUT2D eigenvalue weighted by Crippen LogP contribution is -2.04. The van der Waals surface area contributed by atoms with Crippen molar-refractivity contribution in [2.24, 2.45) is 0 Å². The van der Waals surface area contributed by atoms with Crippen molar-refractivity contribution in [2.75, 3.05) is 6.61 Å². The molecule has 6 heteroatoms. The van der Waals surface area contributed by atoms with Gasteiger partial charge in [-0.15, -0.1) is 0 Å². The van der Waals surface area contributed by atoms with Gasteiger partial charge in [-0.05, 0) is 44.9 Å². The number of rotatable bonds is 7. The molecular formula is C22H26N4O2. The van der Waals surface area contributed by atoms with Crippen molar-refractivity contribution in [3.63, 3.8) is 0 Å². The monoisotopic (exact) mass is 378 g/mol. The van der Waals surface area contributed by atoms with Gasteiger partial charge in [0.1, 0.15) is 0 Å². The SMILES string of the molecule is CCCc1nc2c(cnn2CC)c(-c2cncc(C)c2)c1/C=C/C(=O)OCC. The molecule has 3 aromatic heterocycles. The van der Waals surface area contributed by atoms with E-state index in [1.165, 1.54) is 6.08 Å². The van der Waals surface area contributed by atoms with Crippen LogP contribution in [-0.2, 0) is 22.5 Å². The average Bonchev–Trinajstić information content (AvgIpc) is 3.08. The highest BCUT2D eigenvalue weighted by molar-refractivity contribution is 5.99. The minimum Gasteiger partial charge on any atom is -0.463 e. The third-order valence-corrected chi connectivity index (χ3v) is 4.52. The maximum atomic E-state index is 11.9. The van der Waals surface area contributed by atoms with Crippen LogP contribution in [0.5, 0.6) is 0 Å². The van der Waals surface area contributed by atoms with E-state index in [-0.39, 0.29) is 5.97 Å². The standard InChI is InChI=1S/C22H26N4O2/c1-5-8-19-17(9-10-20(27)28-7-3)21(16-11-15(4)12-23-13-16)18-14-24-26(6-2)22(18)25-19/h9-14H,5-8H2,1-4H3/b10-9+. The molecule has 6 nitrogen and oxygen atoms in total. The number of carbonyl (C=O) groups excluding carboxylic acids is 1. The van der Waals surface area contributed by atoms with E-state index in [4.69, 9.17) is 9.72 Å². The Morgan fingerprint density at radius 3 is 2.71 bits per heavy atom. The second-order valence-electron chi connectivity index (χ2n) is 6.63. The maximum Gasteiger partial charge on any atom is 0.330 e. The van der Waals surface area contributed by atoms with Gasteiger partial charge in [0.2, 0.25) is 0 Å². The summed E-state index contributed by atoms with van der Waals surface area (Å²) in [5.41, 5.74) is 5.79. The summed E-state index contributed by atoms with van der Waals surface area (Å²) in [6, 6.07) is 2.10. The Morgan fingerprint density at radius 1 is 1.21 bits per heavy atom. The van der Waals surface area contributed by atoms with Crippen molar-refractivity contribution in [1.29, 1.82) is 0 Å². The molecule has 0 aliphatic rings. The molecule has 0 fully saturated rings. The highest BCUT2D eigenvalue weighted by Crippen LogP contribution is 2.34. The summed E-state index contributed by atoms with van der Waals surface area (Å²) in [7, 11) is 0. The Hall–Kier alpha value is -3.02. The molecule has 0 bridgehead atoms. The van der Waals surface area contributed by atoms with Gasteiger partial charge < -0.3 is 4.74 Å². The first-order valence-corrected chi connectivity index (χ1v) is 9.74. The molecule has 28 heavy (non-hydrogen) atoms. The van der Waals surface area contributed by atoms with E-state index in [2.05, 4.69) is 30.0 Å². The van der Waals surface area contributed by atoms with Gasteiger partial charge in [-0.3, -0.25) is 4.98 Å². The van der Waals surface area contributed by atoms with Gasteiger partial charge in [0, 0.05) is 47.1 Å². The summed E-state index contributed by atoms with van der Waals surface area (Å²) >= 11 is 0. The Balaban J connectivity index is 2.32. The predicted octanol–water partition coefficient (Wildman–Crippen LogP) is 4.35. The number of nitrogens with zero attached hydrogens (tertiary/aromatic N) is 4. The van der Waals surface area contributed by atoms with Gasteiger partial charge >= 0.3 is 5.97 Å². The topological polar surface area (TPSA) is 69.9 Å². The summed E-state index contributed by atoms with van der Waals surface area (Å²) in [6.45, 7) is 9.08. The quantitative estimate of drug-likeness (QED) is 0.451. The second-order valence-corrected chi connectivity index (χ2v) is 6.63. The van der Waals surface area contributed by atoms with E-state index in [1.54, 1.807) is 6.92 Å². The van der Waals surface area contributed by atoms with Crippen LogP contribution in [0.3, 0.4) is 0 Å². The molecule has 0 spiro atoms. The Kier molecular flexibility index (Phi) is 6.19. The largest absolute Gasteiger partial charge is 0.463 e. The van der Waals surface area contributed by atoms with Crippen LogP contribution in [0, 0.1) is 6.92 Å². The van der Waals surface area contributed by atoms with Crippen molar-refractivity contribution in [1.82, 2.24) is 19.7 Å². The molecule has 0 saturated carbocycles. The molecular weight excluding hydrogens is 352 g/mol. The summed E-state index contributed by atoms with van der Waals surface area (Å²) < 4.78 is 6.97. The van der Waals surface area contributed by atoms with Crippen molar-refractivity contribution in [3.05, 3.63) is 47.6 Å².